The smallest absolute Gasteiger partial charge is 0.131 e. The van der Waals surface area contributed by atoms with Gasteiger partial charge in [-0.2, -0.15) is 0 Å². The lowest BCUT2D eigenvalue weighted by Crippen LogP contribution is -2.13. The van der Waals surface area contributed by atoms with Crippen molar-refractivity contribution < 1.29 is 9.53 Å². The van der Waals surface area contributed by atoms with Crippen molar-refractivity contribution in [1.82, 2.24) is 0 Å². The minimum absolute atomic E-state index is 0.325. The summed E-state index contributed by atoms with van der Waals surface area (Å²) in [6, 6.07) is 17.5. The molecule has 1 atom stereocenters. The summed E-state index contributed by atoms with van der Waals surface area (Å²) >= 11 is 0. The monoisotopic (exact) mass is 274 g/mol. The van der Waals surface area contributed by atoms with Crippen LogP contribution in [0.4, 0.5) is 0 Å². The van der Waals surface area contributed by atoms with Crippen LogP contribution in [0.5, 0.6) is 5.75 Å². The van der Waals surface area contributed by atoms with Gasteiger partial charge in [0, 0.05) is 16.7 Å². The first-order valence-electron chi connectivity index (χ1n) is 6.82. The van der Waals surface area contributed by atoms with Crippen LogP contribution in [0, 0.1) is 17.8 Å². The molecule has 0 fully saturated rings. The fraction of sp³-hybridized carbons (Fsp3) is 0.105. The highest BCUT2D eigenvalue weighted by Gasteiger charge is 2.18. The number of carbonyl (C=O) groups is 1. The van der Waals surface area contributed by atoms with Gasteiger partial charge in [-0.15, -0.1) is 0 Å². The molecule has 2 aromatic rings. The molecule has 0 N–H and O–H groups in total. The number of fused-ring (bicyclic) bond motifs is 1. The number of ether oxygens (including phenoxy) is 1. The Kier molecular flexibility index (Phi) is 3.84. The summed E-state index contributed by atoms with van der Waals surface area (Å²) in [6.07, 6.45) is 2.84. The highest BCUT2D eigenvalue weighted by molar-refractivity contribution is 5.73. The summed E-state index contributed by atoms with van der Waals surface area (Å²) in [5.74, 6) is 6.69. The van der Waals surface area contributed by atoms with Gasteiger partial charge in [0.15, 0.2) is 0 Å². The van der Waals surface area contributed by atoms with Crippen molar-refractivity contribution in [3.05, 3.63) is 71.3 Å². The summed E-state index contributed by atoms with van der Waals surface area (Å²) in [5.41, 5.74) is 2.68. The molecule has 0 saturated carbocycles. The van der Waals surface area contributed by atoms with Crippen LogP contribution in [0.3, 0.4) is 0 Å². The molecule has 102 valence electrons. The molecular weight excluding hydrogens is 260 g/mol. The lowest BCUT2D eigenvalue weighted by atomic mass is 9.99. The molecular formula is C19H14O2. The maximum absolute atomic E-state index is 11.3. The molecule has 0 radical (unpaired) electrons. The molecule has 2 aromatic carbocycles. The van der Waals surface area contributed by atoms with Gasteiger partial charge in [0.05, 0.1) is 5.92 Å². The molecule has 1 unspecified atom stereocenters. The van der Waals surface area contributed by atoms with Gasteiger partial charge < -0.3 is 9.53 Å². The molecule has 0 spiro atoms. The van der Waals surface area contributed by atoms with Crippen LogP contribution in [0.1, 0.15) is 11.1 Å². The Labute approximate surface area is 124 Å². The van der Waals surface area contributed by atoms with E-state index in [4.69, 9.17) is 4.74 Å². The van der Waals surface area contributed by atoms with Crippen LogP contribution in [-0.4, -0.2) is 12.9 Å². The molecule has 0 saturated heterocycles. The lowest BCUT2D eigenvalue weighted by molar-refractivity contribution is -0.110. The van der Waals surface area contributed by atoms with Crippen molar-refractivity contribution >= 4 is 12.4 Å². The van der Waals surface area contributed by atoms with Crippen LogP contribution in [0.15, 0.2) is 60.2 Å². The third-order valence-electron chi connectivity index (χ3n) is 3.34. The average Bonchev–Trinajstić information content (AvgIpc) is 2.72. The second kappa shape index (κ2) is 6.11. The second-order valence-corrected chi connectivity index (χ2v) is 4.81. The van der Waals surface area contributed by atoms with Crippen molar-refractivity contribution in [2.24, 2.45) is 5.92 Å². The van der Waals surface area contributed by atoms with E-state index in [2.05, 4.69) is 11.8 Å². The van der Waals surface area contributed by atoms with Gasteiger partial charge in [-0.25, -0.2) is 0 Å². The van der Waals surface area contributed by atoms with Crippen molar-refractivity contribution in [2.45, 2.75) is 0 Å². The minimum Gasteiger partial charge on any atom is -0.492 e. The number of benzene rings is 2. The SMILES string of the molecule is O=CC1COc2ccccc2C=C1C#Cc1ccccc1. The Balaban J connectivity index is 1.99. The van der Waals surface area contributed by atoms with Gasteiger partial charge in [-0.05, 0) is 24.3 Å². The zero-order chi connectivity index (χ0) is 14.5. The van der Waals surface area contributed by atoms with Gasteiger partial charge in [-0.1, -0.05) is 48.2 Å². The summed E-state index contributed by atoms with van der Waals surface area (Å²) in [6.45, 7) is 0.329. The van der Waals surface area contributed by atoms with E-state index < -0.39 is 0 Å². The normalized spacial score (nSPS) is 16.4. The van der Waals surface area contributed by atoms with Crippen LogP contribution in [-0.2, 0) is 4.79 Å². The molecule has 0 aliphatic carbocycles. The third-order valence-corrected chi connectivity index (χ3v) is 3.34. The first kappa shape index (κ1) is 13.2. The van der Waals surface area contributed by atoms with Crippen LogP contribution < -0.4 is 4.74 Å². The molecule has 0 aromatic heterocycles. The fourth-order valence-corrected chi connectivity index (χ4v) is 2.18. The Hall–Kier alpha value is -2.79. The zero-order valence-electron chi connectivity index (χ0n) is 11.5. The maximum atomic E-state index is 11.3. The van der Waals surface area contributed by atoms with Crippen molar-refractivity contribution in [1.29, 1.82) is 0 Å². The fourth-order valence-electron chi connectivity index (χ4n) is 2.18. The molecule has 2 nitrogen and oxygen atoms in total. The summed E-state index contributed by atoms with van der Waals surface area (Å²) in [4.78, 5) is 11.3. The Bertz CT molecular complexity index is 733. The largest absolute Gasteiger partial charge is 0.492 e. The number of rotatable bonds is 1. The number of aldehydes is 1. The van der Waals surface area contributed by atoms with Crippen LogP contribution in [0.25, 0.3) is 6.08 Å². The molecule has 1 heterocycles. The van der Waals surface area contributed by atoms with E-state index in [1.165, 1.54) is 0 Å². The first-order chi connectivity index (χ1) is 10.4. The zero-order valence-corrected chi connectivity index (χ0v) is 11.5. The quantitative estimate of drug-likeness (QED) is 0.589. The molecule has 1 aliphatic rings. The number of hydrogen-bond acceptors (Lipinski definition) is 2. The number of para-hydroxylation sites is 1. The molecule has 2 heteroatoms. The predicted octanol–water partition coefficient (Wildman–Crippen LogP) is 3.33. The lowest BCUT2D eigenvalue weighted by Gasteiger charge is -2.08. The highest BCUT2D eigenvalue weighted by atomic mass is 16.5. The van der Waals surface area contributed by atoms with E-state index >= 15 is 0 Å². The van der Waals surface area contributed by atoms with E-state index in [0.29, 0.717) is 6.61 Å². The van der Waals surface area contributed by atoms with Crippen LogP contribution >= 0.6 is 0 Å². The number of carbonyl (C=O) groups excluding carboxylic acids is 1. The van der Waals surface area contributed by atoms with Gasteiger partial charge in [0.1, 0.15) is 18.6 Å². The van der Waals surface area contributed by atoms with E-state index in [1.807, 2.05) is 60.7 Å². The Morgan fingerprint density at radius 2 is 1.76 bits per heavy atom. The van der Waals surface area contributed by atoms with Crippen molar-refractivity contribution in [3.63, 3.8) is 0 Å². The van der Waals surface area contributed by atoms with E-state index in [-0.39, 0.29) is 5.92 Å². The van der Waals surface area contributed by atoms with Gasteiger partial charge in [0.25, 0.3) is 0 Å². The van der Waals surface area contributed by atoms with Gasteiger partial charge in [0.2, 0.25) is 0 Å². The average molecular weight is 274 g/mol. The summed E-state index contributed by atoms with van der Waals surface area (Å²) < 4.78 is 5.68. The van der Waals surface area contributed by atoms with E-state index in [0.717, 1.165) is 28.7 Å². The van der Waals surface area contributed by atoms with E-state index in [1.54, 1.807) is 0 Å². The maximum Gasteiger partial charge on any atom is 0.131 e. The van der Waals surface area contributed by atoms with E-state index in [9.17, 15) is 4.79 Å². The minimum atomic E-state index is -0.325. The number of hydrogen-bond donors (Lipinski definition) is 0. The first-order valence-corrected chi connectivity index (χ1v) is 6.82. The predicted molar refractivity (Wildman–Crippen MR) is 82.8 cm³/mol. The van der Waals surface area contributed by atoms with Crippen molar-refractivity contribution in [2.75, 3.05) is 6.61 Å². The third kappa shape index (κ3) is 3.04. The topological polar surface area (TPSA) is 26.3 Å². The van der Waals surface area contributed by atoms with Crippen LogP contribution in [0.2, 0.25) is 0 Å². The second-order valence-electron chi connectivity index (χ2n) is 4.81. The van der Waals surface area contributed by atoms with Gasteiger partial charge >= 0.3 is 0 Å². The molecule has 3 rings (SSSR count). The standard InChI is InChI=1S/C19H14O2/c20-13-18-14-21-19-9-5-4-8-17(19)12-16(18)11-10-15-6-2-1-3-7-15/h1-9,12-13,18H,14H2. The molecule has 0 amide bonds. The Morgan fingerprint density at radius 3 is 2.57 bits per heavy atom. The Morgan fingerprint density at radius 1 is 1.00 bits per heavy atom. The summed E-state index contributed by atoms with van der Waals surface area (Å²) in [5, 5.41) is 0. The summed E-state index contributed by atoms with van der Waals surface area (Å²) in [7, 11) is 0. The highest BCUT2D eigenvalue weighted by Crippen LogP contribution is 2.27. The molecule has 21 heavy (non-hydrogen) atoms. The van der Waals surface area contributed by atoms with Gasteiger partial charge in [-0.3, -0.25) is 0 Å². The molecule has 1 aliphatic heterocycles. The van der Waals surface area contributed by atoms with Crippen molar-refractivity contribution in [3.8, 4) is 17.6 Å². The molecule has 0 bridgehead atoms.